The Balaban J connectivity index is 1.97. The van der Waals surface area contributed by atoms with E-state index in [0.717, 1.165) is 10.4 Å². The van der Waals surface area contributed by atoms with E-state index in [4.69, 9.17) is 4.74 Å². The summed E-state index contributed by atoms with van der Waals surface area (Å²) in [4.78, 5) is 23.0. The molecule has 0 unspecified atom stereocenters. The summed E-state index contributed by atoms with van der Waals surface area (Å²) in [6, 6.07) is 1.87. The molecule has 2 aromatic heterocycles. The van der Waals surface area contributed by atoms with Crippen LogP contribution in [0.2, 0.25) is 0 Å². The van der Waals surface area contributed by atoms with E-state index in [-0.39, 0.29) is 24.4 Å². The molecule has 0 amide bonds. The average Bonchev–Trinajstić information content (AvgIpc) is 2.94. The molecule has 106 valence electrons. The van der Waals surface area contributed by atoms with E-state index in [2.05, 4.69) is 5.10 Å². The summed E-state index contributed by atoms with van der Waals surface area (Å²) in [5, 5.41) is 16.6. The molecule has 0 aliphatic heterocycles. The SMILES string of the molecule is Cc1sccc1CC(=O)OCc1nn(C)cc1[N+](=O)[O-]. The fraction of sp³-hybridized carbons (Fsp3) is 0.333. The van der Waals surface area contributed by atoms with Gasteiger partial charge in [0, 0.05) is 11.9 Å². The summed E-state index contributed by atoms with van der Waals surface area (Å²) in [5.74, 6) is -0.425. The van der Waals surface area contributed by atoms with E-state index >= 15 is 0 Å². The summed E-state index contributed by atoms with van der Waals surface area (Å²) in [5.41, 5.74) is 0.912. The van der Waals surface area contributed by atoms with Crippen molar-refractivity contribution in [2.45, 2.75) is 20.0 Å². The summed E-state index contributed by atoms with van der Waals surface area (Å²) < 4.78 is 6.37. The highest BCUT2D eigenvalue weighted by Crippen LogP contribution is 2.18. The first kappa shape index (κ1) is 14.2. The molecule has 0 saturated heterocycles. The van der Waals surface area contributed by atoms with Gasteiger partial charge in [0.15, 0.2) is 5.69 Å². The first-order chi connectivity index (χ1) is 9.47. The van der Waals surface area contributed by atoms with Crippen LogP contribution in [-0.4, -0.2) is 20.7 Å². The third-order valence-corrected chi connectivity index (χ3v) is 3.64. The number of nitro groups is 1. The zero-order chi connectivity index (χ0) is 14.7. The minimum absolute atomic E-state index is 0.146. The van der Waals surface area contributed by atoms with Crippen LogP contribution in [0.5, 0.6) is 0 Å². The second-order valence-electron chi connectivity index (χ2n) is 4.23. The van der Waals surface area contributed by atoms with Crippen molar-refractivity contribution in [1.82, 2.24) is 9.78 Å². The lowest BCUT2D eigenvalue weighted by Crippen LogP contribution is -2.09. The van der Waals surface area contributed by atoms with Gasteiger partial charge in [-0.05, 0) is 23.9 Å². The zero-order valence-corrected chi connectivity index (χ0v) is 11.8. The Morgan fingerprint density at radius 1 is 1.60 bits per heavy atom. The Morgan fingerprint density at radius 2 is 2.35 bits per heavy atom. The van der Waals surface area contributed by atoms with Crippen LogP contribution < -0.4 is 0 Å². The van der Waals surface area contributed by atoms with Crippen molar-refractivity contribution in [3.05, 3.63) is 43.9 Å². The second-order valence-corrected chi connectivity index (χ2v) is 5.35. The molecular weight excluding hydrogens is 282 g/mol. The predicted molar refractivity (Wildman–Crippen MR) is 72.4 cm³/mol. The molecule has 0 aliphatic carbocycles. The standard InChI is InChI=1S/C12H13N3O4S/c1-8-9(3-4-20-8)5-12(16)19-7-10-11(15(17)18)6-14(2)13-10/h3-4,6H,5,7H2,1-2H3. The van der Waals surface area contributed by atoms with Gasteiger partial charge in [0.1, 0.15) is 12.8 Å². The molecule has 0 aromatic carbocycles. The van der Waals surface area contributed by atoms with E-state index in [1.54, 1.807) is 18.4 Å². The Hall–Kier alpha value is -2.22. The molecule has 2 heterocycles. The van der Waals surface area contributed by atoms with Crippen molar-refractivity contribution in [3.63, 3.8) is 0 Å². The molecule has 7 nitrogen and oxygen atoms in total. The molecule has 2 rings (SSSR count). The van der Waals surface area contributed by atoms with Crippen LogP contribution in [0.15, 0.2) is 17.6 Å². The number of nitrogens with zero attached hydrogens (tertiary/aromatic N) is 3. The topological polar surface area (TPSA) is 87.3 Å². The largest absolute Gasteiger partial charge is 0.459 e. The highest BCUT2D eigenvalue weighted by atomic mass is 32.1. The van der Waals surface area contributed by atoms with Crippen LogP contribution in [0.1, 0.15) is 16.1 Å². The van der Waals surface area contributed by atoms with Gasteiger partial charge in [0.05, 0.1) is 11.3 Å². The zero-order valence-electron chi connectivity index (χ0n) is 11.0. The first-order valence-corrected chi connectivity index (χ1v) is 6.71. The van der Waals surface area contributed by atoms with E-state index in [0.29, 0.717) is 0 Å². The highest BCUT2D eigenvalue weighted by molar-refractivity contribution is 7.10. The van der Waals surface area contributed by atoms with Gasteiger partial charge in [-0.15, -0.1) is 11.3 Å². The molecule has 0 bridgehead atoms. The molecule has 8 heteroatoms. The van der Waals surface area contributed by atoms with Crippen LogP contribution in [0, 0.1) is 17.0 Å². The Bertz CT molecular complexity index is 647. The fourth-order valence-electron chi connectivity index (χ4n) is 1.73. The van der Waals surface area contributed by atoms with Crippen LogP contribution in [0.25, 0.3) is 0 Å². The van der Waals surface area contributed by atoms with Gasteiger partial charge in [-0.2, -0.15) is 5.10 Å². The summed E-state index contributed by atoms with van der Waals surface area (Å²) in [6.07, 6.45) is 1.45. The Morgan fingerprint density at radius 3 is 2.95 bits per heavy atom. The van der Waals surface area contributed by atoms with Crippen LogP contribution in [0.3, 0.4) is 0 Å². The molecule has 0 aliphatic rings. The molecule has 0 fully saturated rings. The predicted octanol–water partition coefficient (Wildman–Crippen LogP) is 1.98. The number of aryl methyl sites for hydroxylation is 2. The smallest absolute Gasteiger partial charge is 0.313 e. The minimum Gasteiger partial charge on any atom is -0.459 e. The van der Waals surface area contributed by atoms with Gasteiger partial charge < -0.3 is 4.74 Å². The summed E-state index contributed by atoms with van der Waals surface area (Å²) >= 11 is 1.56. The molecule has 0 spiro atoms. The van der Waals surface area contributed by atoms with Crippen molar-refractivity contribution in [2.24, 2.45) is 7.05 Å². The molecule has 0 N–H and O–H groups in total. The van der Waals surface area contributed by atoms with E-state index < -0.39 is 10.9 Å². The number of hydrogen-bond acceptors (Lipinski definition) is 6. The van der Waals surface area contributed by atoms with Crippen LogP contribution in [-0.2, 0) is 29.6 Å². The summed E-state index contributed by atoms with van der Waals surface area (Å²) in [7, 11) is 1.58. The van der Waals surface area contributed by atoms with Gasteiger partial charge in [0.2, 0.25) is 0 Å². The van der Waals surface area contributed by atoms with E-state index in [1.807, 2.05) is 18.4 Å². The number of rotatable bonds is 5. The monoisotopic (exact) mass is 295 g/mol. The fourth-order valence-corrected chi connectivity index (χ4v) is 2.46. The maximum atomic E-state index is 11.7. The second kappa shape index (κ2) is 5.83. The maximum Gasteiger partial charge on any atom is 0.313 e. The third kappa shape index (κ3) is 3.21. The van der Waals surface area contributed by atoms with Gasteiger partial charge >= 0.3 is 11.7 Å². The number of carbonyl (C=O) groups excluding carboxylic acids is 1. The number of esters is 1. The lowest BCUT2D eigenvalue weighted by molar-refractivity contribution is -0.385. The van der Waals surface area contributed by atoms with Crippen LogP contribution >= 0.6 is 11.3 Å². The van der Waals surface area contributed by atoms with Gasteiger partial charge in [-0.3, -0.25) is 19.6 Å². The number of ether oxygens (including phenoxy) is 1. The van der Waals surface area contributed by atoms with E-state index in [1.165, 1.54) is 10.9 Å². The normalized spacial score (nSPS) is 10.5. The van der Waals surface area contributed by atoms with Gasteiger partial charge in [-0.1, -0.05) is 0 Å². The first-order valence-electron chi connectivity index (χ1n) is 5.83. The molecule has 0 atom stereocenters. The number of thiophene rings is 1. The van der Waals surface area contributed by atoms with Crippen molar-refractivity contribution < 1.29 is 14.5 Å². The third-order valence-electron chi connectivity index (χ3n) is 2.75. The van der Waals surface area contributed by atoms with E-state index in [9.17, 15) is 14.9 Å². The maximum absolute atomic E-state index is 11.7. The number of aromatic nitrogens is 2. The number of carbonyl (C=O) groups is 1. The Labute approximate surface area is 118 Å². The lowest BCUT2D eigenvalue weighted by Gasteiger charge is -2.02. The molecule has 2 aromatic rings. The van der Waals surface area contributed by atoms with Crippen molar-refractivity contribution in [1.29, 1.82) is 0 Å². The van der Waals surface area contributed by atoms with Crippen molar-refractivity contribution in [2.75, 3.05) is 0 Å². The van der Waals surface area contributed by atoms with Gasteiger partial charge in [0.25, 0.3) is 0 Å². The van der Waals surface area contributed by atoms with Crippen molar-refractivity contribution >= 4 is 23.0 Å². The highest BCUT2D eigenvalue weighted by Gasteiger charge is 2.20. The average molecular weight is 295 g/mol. The number of hydrogen-bond donors (Lipinski definition) is 0. The molecule has 20 heavy (non-hydrogen) atoms. The lowest BCUT2D eigenvalue weighted by atomic mass is 10.2. The quantitative estimate of drug-likeness (QED) is 0.478. The van der Waals surface area contributed by atoms with Crippen LogP contribution in [0.4, 0.5) is 5.69 Å². The molecular formula is C12H13N3O4S. The molecule has 0 saturated carbocycles. The van der Waals surface area contributed by atoms with Crippen molar-refractivity contribution in [3.8, 4) is 0 Å². The Kier molecular flexibility index (Phi) is 4.14. The molecule has 0 radical (unpaired) electrons. The van der Waals surface area contributed by atoms with Gasteiger partial charge in [-0.25, -0.2) is 0 Å². The summed E-state index contributed by atoms with van der Waals surface area (Å²) in [6.45, 7) is 1.73. The minimum atomic E-state index is -0.542.